The van der Waals surface area contributed by atoms with Gasteiger partial charge >= 0.3 is 0 Å². The summed E-state index contributed by atoms with van der Waals surface area (Å²) in [5, 5.41) is 0.671. The quantitative estimate of drug-likeness (QED) is 0.818. The molecule has 2 aromatic rings. The van der Waals surface area contributed by atoms with Gasteiger partial charge in [0.1, 0.15) is 5.82 Å². The second-order valence-electron chi connectivity index (χ2n) is 6.36. The van der Waals surface area contributed by atoms with E-state index >= 15 is 0 Å². The van der Waals surface area contributed by atoms with Gasteiger partial charge < -0.3 is 0 Å². The Bertz CT molecular complexity index is 713. The average Bonchev–Trinajstić information content (AvgIpc) is 2.49. The molecular formula is C18H21ClN2O. The highest BCUT2D eigenvalue weighted by molar-refractivity contribution is 6.30. The lowest BCUT2D eigenvalue weighted by Crippen LogP contribution is -2.27. The Balaban J connectivity index is 2.08. The Labute approximate surface area is 136 Å². The Morgan fingerprint density at radius 2 is 1.77 bits per heavy atom. The standard InChI is InChI=1S/C18H21ClN2O/c1-12-3-5-14(6-4-12)18-20-13(2)11-17(22)21(18)16-9-7-15(19)8-10-16/h7-12,14H,3-6H2,1-2H3. The summed E-state index contributed by atoms with van der Waals surface area (Å²) in [5.74, 6) is 2.04. The van der Waals surface area contributed by atoms with Gasteiger partial charge in [-0.2, -0.15) is 0 Å². The van der Waals surface area contributed by atoms with Gasteiger partial charge in [0, 0.05) is 22.7 Å². The van der Waals surface area contributed by atoms with E-state index in [1.54, 1.807) is 10.6 Å². The molecule has 0 bridgehead atoms. The number of hydrogen-bond donors (Lipinski definition) is 0. The van der Waals surface area contributed by atoms with Crippen molar-refractivity contribution in [2.45, 2.75) is 45.4 Å². The highest BCUT2D eigenvalue weighted by Crippen LogP contribution is 2.35. The molecule has 1 aromatic carbocycles. The van der Waals surface area contributed by atoms with E-state index < -0.39 is 0 Å². The maximum Gasteiger partial charge on any atom is 0.258 e. The molecule has 1 fully saturated rings. The van der Waals surface area contributed by atoms with E-state index in [0.29, 0.717) is 10.9 Å². The van der Waals surface area contributed by atoms with Crippen molar-refractivity contribution in [1.29, 1.82) is 0 Å². The molecule has 0 N–H and O–H groups in total. The number of aromatic nitrogens is 2. The van der Waals surface area contributed by atoms with E-state index in [0.717, 1.165) is 36.0 Å². The number of rotatable bonds is 2. The first-order chi connectivity index (χ1) is 10.5. The number of aryl methyl sites for hydroxylation is 1. The normalized spacial score (nSPS) is 21.8. The van der Waals surface area contributed by atoms with E-state index in [2.05, 4.69) is 6.92 Å². The summed E-state index contributed by atoms with van der Waals surface area (Å²) < 4.78 is 1.75. The summed E-state index contributed by atoms with van der Waals surface area (Å²) in [5.41, 5.74) is 1.63. The van der Waals surface area contributed by atoms with Gasteiger partial charge in [-0.25, -0.2) is 4.98 Å². The molecule has 0 amide bonds. The van der Waals surface area contributed by atoms with Gasteiger partial charge in [-0.3, -0.25) is 9.36 Å². The SMILES string of the molecule is Cc1cc(=O)n(-c2ccc(Cl)cc2)c(C2CCC(C)CC2)n1. The minimum atomic E-state index is -0.0107. The first-order valence-electron chi connectivity index (χ1n) is 7.91. The van der Waals surface area contributed by atoms with Crippen molar-refractivity contribution in [2.24, 2.45) is 5.92 Å². The van der Waals surface area contributed by atoms with Crippen LogP contribution in [0.4, 0.5) is 0 Å². The fourth-order valence-corrected chi connectivity index (χ4v) is 3.39. The molecule has 4 heteroatoms. The van der Waals surface area contributed by atoms with Crippen molar-refractivity contribution in [3.8, 4) is 5.69 Å². The fourth-order valence-electron chi connectivity index (χ4n) is 3.26. The third-order valence-corrected chi connectivity index (χ3v) is 4.79. The summed E-state index contributed by atoms with van der Waals surface area (Å²) in [7, 11) is 0. The predicted octanol–water partition coefficient (Wildman–Crippen LogP) is 4.49. The Morgan fingerprint density at radius 3 is 2.41 bits per heavy atom. The number of halogens is 1. The van der Waals surface area contributed by atoms with Crippen LogP contribution in [0.15, 0.2) is 35.1 Å². The lowest BCUT2D eigenvalue weighted by atomic mass is 9.82. The van der Waals surface area contributed by atoms with E-state index in [9.17, 15) is 4.79 Å². The fraction of sp³-hybridized carbons (Fsp3) is 0.444. The second kappa shape index (κ2) is 6.25. The third kappa shape index (κ3) is 3.09. The molecule has 3 rings (SSSR count). The van der Waals surface area contributed by atoms with Crippen LogP contribution in [0, 0.1) is 12.8 Å². The molecule has 116 valence electrons. The first kappa shape index (κ1) is 15.3. The van der Waals surface area contributed by atoms with Crippen LogP contribution in [-0.2, 0) is 0 Å². The Morgan fingerprint density at radius 1 is 1.14 bits per heavy atom. The molecule has 1 saturated carbocycles. The number of benzene rings is 1. The van der Waals surface area contributed by atoms with E-state index in [-0.39, 0.29) is 5.56 Å². The first-order valence-corrected chi connectivity index (χ1v) is 8.29. The zero-order chi connectivity index (χ0) is 15.7. The zero-order valence-corrected chi connectivity index (χ0v) is 13.8. The van der Waals surface area contributed by atoms with Crippen LogP contribution in [0.25, 0.3) is 5.69 Å². The van der Waals surface area contributed by atoms with Gasteiger partial charge in [-0.15, -0.1) is 0 Å². The predicted molar refractivity (Wildman–Crippen MR) is 90.0 cm³/mol. The number of hydrogen-bond acceptors (Lipinski definition) is 2. The van der Waals surface area contributed by atoms with Crippen LogP contribution in [0.3, 0.4) is 0 Å². The van der Waals surface area contributed by atoms with E-state index in [1.165, 1.54) is 12.8 Å². The van der Waals surface area contributed by atoms with Crippen molar-refractivity contribution in [3.05, 3.63) is 57.2 Å². The van der Waals surface area contributed by atoms with Gasteiger partial charge in [-0.05, 0) is 49.9 Å². The minimum absolute atomic E-state index is 0.0107. The summed E-state index contributed by atoms with van der Waals surface area (Å²) in [6.07, 6.45) is 4.61. The second-order valence-corrected chi connectivity index (χ2v) is 6.80. The molecule has 3 nitrogen and oxygen atoms in total. The molecule has 22 heavy (non-hydrogen) atoms. The van der Waals surface area contributed by atoms with Crippen LogP contribution >= 0.6 is 11.6 Å². The summed E-state index contributed by atoms with van der Waals surface area (Å²) in [6, 6.07) is 9.00. The van der Waals surface area contributed by atoms with Gasteiger partial charge in [0.25, 0.3) is 5.56 Å². The van der Waals surface area contributed by atoms with Crippen LogP contribution in [0.2, 0.25) is 5.02 Å². The maximum absolute atomic E-state index is 12.5. The molecular weight excluding hydrogens is 296 g/mol. The highest BCUT2D eigenvalue weighted by Gasteiger charge is 2.24. The maximum atomic E-state index is 12.5. The molecule has 1 aliphatic rings. The molecule has 1 aromatic heterocycles. The lowest BCUT2D eigenvalue weighted by molar-refractivity contribution is 0.335. The summed E-state index contributed by atoms with van der Waals surface area (Å²) in [4.78, 5) is 17.3. The molecule has 0 unspecified atom stereocenters. The third-order valence-electron chi connectivity index (χ3n) is 4.54. The molecule has 1 aliphatic carbocycles. The van der Waals surface area contributed by atoms with Gasteiger partial charge in [0.15, 0.2) is 0 Å². The summed E-state index contributed by atoms with van der Waals surface area (Å²) >= 11 is 5.97. The van der Waals surface area contributed by atoms with Crippen molar-refractivity contribution in [2.75, 3.05) is 0 Å². The zero-order valence-electron chi connectivity index (χ0n) is 13.1. The van der Waals surface area contributed by atoms with Crippen LogP contribution in [0.5, 0.6) is 0 Å². The van der Waals surface area contributed by atoms with Gasteiger partial charge in [0.05, 0.1) is 5.69 Å². The Hall–Kier alpha value is -1.61. The van der Waals surface area contributed by atoms with Crippen molar-refractivity contribution < 1.29 is 0 Å². The number of nitrogens with zero attached hydrogens (tertiary/aromatic N) is 2. The lowest BCUT2D eigenvalue weighted by Gasteiger charge is -2.27. The monoisotopic (exact) mass is 316 g/mol. The van der Waals surface area contributed by atoms with Crippen molar-refractivity contribution in [3.63, 3.8) is 0 Å². The molecule has 0 spiro atoms. The van der Waals surface area contributed by atoms with Gasteiger partial charge in [-0.1, -0.05) is 31.4 Å². The van der Waals surface area contributed by atoms with Crippen LogP contribution in [0.1, 0.15) is 50.0 Å². The highest BCUT2D eigenvalue weighted by atomic mass is 35.5. The van der Waals surface area contributed by atoms with E-state index in [4.69, 9.17) is 16.6 Å². The van der Waals surface area contributed by atoms with Crippen molar-refractivity contribution in [1.82, 2.24) is 9.55 Å². The van der Waals surface area contributed by atoms with Crippen LogP contribution in [-0.4, -0.2) is 9.55 Å². The Kier molecular flexibility index (Phi) is 4.34. The summed E-state index contributed by atoms with van der Waals surface area (Å²) in [6.45, 7) is 4.19. The molecule has 0 atom stereocenters. The smallest absolute Gasteiger partial charge is 0.258 e. The van der Waals surface area contributed by atoms with Crippen molar-refractivity contribution >= 4 is 11.6 Å². The average molecular weight is 317 g/mol. The molecule has 0 aliphatic heterocycles. The molecule has 1 heterocycles. The largest absolute Gasteiger partial charge is 0.269 e. The molecule has 0 radical (unpaired) electrons. The topological polar surface area (TPSA) is 34.9 Å². The minimum Gasteiger partial charge on any atom is -0.269 e. The van der Waals surface area contributed by atoms with Gasteiger partial charge in [0.2, 0.25) is 0 Å². The van der Waals surface area contributed by atoms with E-state index in [1.807, 2.05) is 31.2 Å². The molecule has 0 saturated heterocycles. The van der Waals surface area contributed by atoms with Crippen LogP contribution < -0.4 is 5.56 Å².